The van der Waals surface area contributed by atoms with Crippen LogP contribution in [0.1, 0.15) is 23.3 Å². The van der Waals surface area contributed by atoms with E-state index >= 15 is 0 Å². The summed E-state index contributed by atoms with van der Waals surface area (Å²) in [5, 5.41) is 0. The number of carbonyl (C=O) groups excluding carboxylic acids is 1. The van der Waals surface area contributed by atoms with Gasteiger partial charge in [0.05, 0.1) is 18.1 Å². The topological polar surface area (TPSA) is 54.0 Å². The molecular formula is C13H12O5. The van der Waals surface area contributed by atoms with Gasteiger partial charge in [0.2, 0.25) is 6.79 Å². The van der Waals surface area contributed by atoms with E-state index < -0.39 is 0 Å². The Morgan fingerprint density at radius 1 is 1.22 bits per heavy atom. The molecule has 0 aliphatic carbocycles. The molecule has 1 saturated heterocycles. The first kappa shape index (κ1) is 10.3. The van der Waals surface area contributed by atoms with Gasteiger partial charge < -0.3 is 23.7 Å². The highest BCUT2D eigenvalue weighted by atomic mass is 16.7. The molecule has 0 radical (unpaired) electrons. The van der Waals surface area contributed by atoms with Crippen molar-refractivity contribution in [3.05, 3.63) is 23.3 Å². The van der Waals surface area contributed by atoms with Crippen LogP contribution in [0.25, 0.3) is 0 Å². The van der Waals surface area contributed by atoms with Gasteiger partial charge in [-0.15, -0.1) is 0 Å². The zero-order valence-electron chi connectivity index (χ0n) is 9.79. The maximum atomic E-state index is 11.2. The van der Waals surface area contributed by atoms with Crippen LogP contribution in [0.3, 0.4) is 0 Å². The second-order valence-electron chi connectivity index (χ2n) is 4.73. The van der Waals surface area contributed by atoms with Crippen molar-refractivity contribution in [3.8, 4) is 11.5 Å². The Bertz CT molecular complexity index is 526. The molecule has 3 aliphatic heterocycles. The summed E-state index contributed by atoms with van der Waals surface area (Å²) in [6.07, 6.45) is 0.314. The summed E-state index contributed by atoms with van der Waals surface area (Å²) < 4.78 is 22.0. The molecule has 0 saturated carbocycles. The van der Waals surface area contributed by atoms with Crippen LogP contribution in [0.2, 0.25) is 0 Å². The number of methoxy groups -OCH3 is 1. The molecular weight excluding hydrogens is 236 g/mol. The first-order chi connectivity index (χ1) is 8.83. The monoisotopic (exact) mass is 248 g/mol. The zero-order valence-corrected chi connectivity index (χ0v) is 9.79. The lowest BCUT2D eigenvalue weighted by Gasteiger charge is -2.24. The third-order valence-electron chi connectivity index (χ3n) is 3.94. The predicted molar refractivity (Wildman–Crippen MR) is 59.5 cm³/mol. The summed E-state index contributed by atoms with van der Waals surface area (Å²) in [6, 6.07) is 3.86. The van der Waals surface area contributed by atoms with Gasteiger partial charge in [0.1, 0.15) is 12.4 Å². The first-order valence-corrected chi connectivity index (χ1v) is 5.90. The SMILES string of the molecule is COC1C2OC(c3cc4c(cc32)OCO4)C1C=O. The molecule has 3 heterocycles. The average molecular weight is 248 g/mol. The molecule has 0 aromatic heterocycles. The highest BCUT2D eigenvalue weighted by molar-refractivity contribution is 5.62. The van der Waals surface area contributed by atoms with Crippen LogP contribution in [0.5, 0.6) is 11.5 Å². The van der Waals surface area contributed by atoms with E-state index in [0.717, 1.165) is 28.9 Å². The summed E-state index contributed by atoms with van der Waals surface area (Å²) in [6.45, 7) is 0.249. The summed E-state index contributed by atoms with van der Waals surface area (Å²) in [5.41, 5.74) is 2.07. The molecule has 1 fully saturated rings. The number of rotatable bonds is 2. The van der Waals surface area contributed by atoms with Gasteiger partial charge >= 0.3 is 0 Å². The molecule has 5 heteroatoms. The fraction of sp³-hybridized carbons (Fsp3) is 0.462. The van der Waals surface area contributed by atoms with Crippen LogP contribution in [0.15, 0.2) is 12.1 Å². The van der Waals surface area contributed by atoms with E-state index in [4.69, 9.17) is 18.9 Å². The van der Waals surface area contributed by atoms with Crippen molar-refractivity contribution in [3.63, 3.8) is 0 Å². The van der Waals surface area contributed by atoms with Gasteiger partial charge in [0.25, 0.3) is 0 Å². The summed E-state index contributed by atoms with van der Waals surface area (Å²) in [5.74, 6) is 1.22. The number of aldehydes is 1. The van der Waals surface area contributed by atoms with E-state index in [1.165, 1.54) is 0 Å². The molecule has 0 N–H and O–H groups in total. The largest absolute Gasteiger partial charge is 0.454 e. The second-order valence-corrected chi connectivity index (χ2v) is 4.73. The Morgan fingerprint density at radius 2 is 1.89 bits per heavy atom. The number of hydrogen-bond donors (Lipinski definition) is 0. The molecule has 2 bridgehead atoms. The van der Waals surface area contributed by atoms with Gasteiger partial charge in [-0.3, -0.25) is 0 Å². The summed E-state index contributed by atoms with van der Waals surface area (Å²) >= 11 is 0. The zero-order chi connectivity index (χ0) is 12.3. The van der Waals surface area contributed by atoms with E-state index in [-0.39, 0.29) is 31.0 Å². The molecule has 94 valence electrons. The first-order valence-electron chi connectivity index (χ1n) is 5.90. The lowest BCUT2D eigenvalue weighted by molar-refractivity contribution is -0.115. The number of benzene rings is 1. The fourth-order valence-electron chi connectivity index (χ4n) is 3.13. The van der Waals surface area contributed by atoms with Crippen LogP contribution < -0.4 is 9.47 Å². The van der Waals surface area contributed by atoms with E-state index in [1.54, 1.807) is 7.11 Å². The second kappa shape index (κ2) is 3.46. The quantitative estimate of drug-likeness (QED) is 0.740. The third-order valence-corrected chi connectivity index (χ3v) is 3.94. The van der Waals surface area contributed by atoms with Crippen molar-refractivity contribution in [1.29, 1.82) is 0 Å². The van der Waals surface area contributed by atoms with Gasteiger partial charge in [-0.2, -0.15) is 0 Å². The number of fused-ring (bicyclic) bond motifs is 6. The molecule has 1 aromatic rings. The van der Waals surface area contributed by atoms with Gasteiger partial charge in [-0.05, 0) is 23.3 Å². The fourth-order valence-corrected chi connectivity index (χ4v) is 3.13. The van der Waals surface area contributed by atoms with Gasteiger partial charge in [-0.25, -0.2) is 0 Å². The van der Waals surface area contributed by atoms with Crippen LogP contribution in [-0.4, -0.2) is 26.3 Å². The maximum Gasteiger partial charge on any atom is 0.231 e. The van der Waals surface area contributed by atoms with E-state index in [0.29, 0.717) is 0 Å². The molecule has 18 heavy (non-hydrogen) atoms. The Balaban J connectivity index is 1.85. The normalized spacial score (nSPS) is 34.7. The van der Waals surface area contributed by atoms with E-state index in [2.05, 4.69) is 0 Å². The molecule has 1 aromatic carbocycles. The van der Waals surface area contributed by atoms with Crippen molar-refractivity contribution in [2.24, 2.45) is 5.92 Å². The Labute approximate surface area is 104 Å². The van der Waals surface area contributed by atoms with Crippen LogP contribution in [0.4, 0.5) is 0 Å². The number of hydrogen-bond acceptors (Lipinski definition) is 5. The Morgan fingerprint density at radius 3 is 2.50 bits per heavy atom. The van der Waals surface area contributed by atoms with Crippen LogP contribution in [0, 0.1) is 5.92 Å². The molecule has 3 aliphatic rings. The molecule has 4 unspecified atom stereocenters. The highest BCUT2D eigenvalue weighted by Crippen LogP contribution is 2.56. The van der Waals surface area contributed by atoms with Crippen molar-refractivity contribution >= 4 is 6.29 Å². The number of carbonyl (C=O) groups is 1. The van der Waals surface area contributed by atoms with Crippen LogP contribution >= 0.6 is 0 Å². The van der Waals surface area contributed by atoms with Crippen molar-refractivity contribution in [2.75, 3.05) is 13.9 Å². The van der Waals surface area contributed by atoms with Crippen molar-refractivity contribution in [1.82, 2.24) is 0 Å². The maximum absolute atomic E-state index is 11.2. The Hall–Kier alpha value is -1.59. The minimum absolute atomic E-state index is 0.181. The van der Waals surface area contributed by atoms with E-state index in [1.807, 2.05) is 12.1 Å². The van der Waals surface area contributed by atoms with Gasteiger partial charge in [-0.1, -0.05) is 0 Å². The third kappa shape index (κ3) is 1.11. The van der Waals surface area contributed by atoms with E-state index in [9.17, 15) is 4.79 Å². The lowest BCUT2D eigenvalue weighted by Crippen LogP contribution is -2.29. The molecule has 5 nitrogen and oxygen atoms in total. The summed E-state index contributed by atoms with van der Waals surface area (Å²) in [4.78, 5) is 11.2. The van der Waals surface area contributed by atoms with Crippen molar-refractivity contribution < 1.29 is 23.7 Å². The molecule has 4 atom stereocenters. The molecule has 4 rings (SSSR count). The standard InChI is InChI=1S/C13H12O5/c1-15-12-8(4-14)11-6-2-9-10(17-5-16-9)3-7(6)13(12)18-11/h2-4,8,11-13H,5H2,1H3. The summed E-state index contributed by atoms with van der Waals surface area (Å²) in [7, 11) is 1.61. The minimum Gasteiger partial charge on any atom is -0.454 e. The van der Waals surface area contributed by atoms with Gasteiger partial charge in [0.15, 0.2) is 11.5 Å². The highest BCUT2D eigenvalue weighted by Gasteiger charge is 2.53. The smallest absolute Gasteiger partial charge is 0.231 e. The lowest BCUT2D eigenvalue weighted by atomic mass is 9.82. The van der Waals surface area contributed by atoms with Gasteiger partial charge in [0, 0.05) is 7.11 Å². The predicted octanol–water partition coefficient (Wildman–Crippen LogP) is 1.37. The minimum atomic E-state index is -0.243. The number of ether oxygens (including phenoxy) is 4. The van der Waals surface area contributed by atoms with Crippen LogP contribution in [-0.2, 0) is 14.3 Å². The Kier molecular flexibility index (Phi) is 1.99. The average Bonchev–Trinajstić information content (AvgIpc) is 3.07. The molecule has 0 spiro atoms. The van der Waals surface area contributed by atoms with Crippen molar-refractivity contribution in [2.45, 2.75) is 18.3 Å². The molecule has 0 amide bonds.